The lowest BCUT2D eigenvalue weighted by atomic mass is 10.1. The van der Waals surface area contributed by atoms with E-state index in [4.69, 9.17) is 14.1 Å². The maximum absolute atomic E-state index is 5.79. The molecule has 7 heteroatoms. The summed E-state index contributed by atoms with van der Waals surface area (Å²) in [7, 11) is 1.66. The van der Waals surface area contributed by atoms with E-state index >= 15 is 0 Å². The first kappa shape index (κ1) is 19.7. The van der Waals surface area contributed by atoms with Crippen molar-refractivity contribution in [3.63, 3.8) is 0 Å². The molecule has 0 radical (unpaired) electrons. The third-order valence-electron chi connectivity index (χ3n) is 4.49. The van der Waals surface area contributed by atoms with Crippen LogP contribution in [0.4, 0.5) is 0 Å². The Hall–Kier alpha value is -2.64. The number of para-hydroxylation sites is 1. The first-order chi connectivity index (χ1) is 14.2. The van der Waals surface area contributed by atoms with Crippen molar-refractivity contribution in [1.29, 1.82) is 0 Å². The summed E-state index contributed by atoms with van der Waals surface area (Å²) in [5, 5.41) is 12.0. The summed E-state index contributed by atoms with van der Waals surface area (Å²) in [6.45, 7) is 2.16. The second kappa shape index (κ2) is 9.24. The van der Waals surface area contributed by atoms with Crippen molar-refractivity contribution in [2.24, 2.45) is 0 Å². The number of benzene rings is 2. The Balaban J connectivity index is 1.37. The highest BCUT2D eigenvalue weighted by molar-refractivity contribution is 7.98. The summed E-state index contributed by atoms with van der Waals surface area (Å²) in [6, 6.07) is 16.4. The molecule has 0 atom stereocenters. The van der Waals surface area contributed by atoms with E-state index in [9.17, 15) is 0 Å². The van der Waals surface area contributed by atoms with Crippen LogP contribution < -0.4 is 4.74 Å². The van der Waals surface area contributed by atoms with Crippen molar-refractivity contribution in [1.82, 2.24) is 15.2 Å². The smallest absolute Gasteiger partial charge is 0.276 e. The van der Waals surface area contributed by atoms with Gasteiger partial charge in [-0.3, -0.25) is 0 Å². The maximum Gasteiger partial charge on any atom is 0.276 e. The predicted octanol–water partition coefficient (Wildman–Crippen LogP) is 5.65. The first-order valence-corrected chi connectivity index (χ1v) is 11.2. The average Bonchev–Trinajstić information content (AvgIpc) is 3.42. The highest BCUT2D eigenvalue weighted by atomic mass is 32.2. The molecule has 5 nitrogen and oxygen atoms in total. The van der Waals surface area contributed by atoms with Crippen LogP contribution in [0.3, 0.4) is 0 Å². The fraction of sp³-hybridized carbons (Fsp3) is 0.227. The van der Waals surface area contributed by atoms with Crippen LogP contribution in [0.1, 0.15) is 29.6 Å². The summed E-state index contributed by atoms with van der Waals surface area (Å²) in [6.07, 6.45) is 1.59. The number of hydrogen-bond acceptors (Lipinski definition) is 7. The van der Waals surface area contributed by atoms with Gasteiger partial charge in [0.15, 0.2) is 0 Å². The van der Waals surface area contributed by atoms with Gasteiger partial charge >= 0.3 is 0 Å². The number of rotatable bonds is 8. The molecule has 0 saturated carbocycles. The number of ether oxygens (including phenoxy) is 1. The Bertz CT molecular complexity index is 1070. The zero-order valence-corrected chi connectivity index (χ0v) is 17.9. The van der Waals surface area contributed by atoms with E-state index in [1.54, 1.807) is 18.4 Å². The van der Waals surface area contributed by atoms with Gasteiger partial charge in [-0.15, -0.1) is 21.5 Å². The molecule has 2 aromatic heterocycles. The summed E-state index contributed by atoms with van der Waals surface area (Å²) < 4.78 is 11.2. The molecule has 0 fully saturated rings. The number of methoxy groups -OCH3 is 1. The molecule has 0 unspecified atom stereocenters. The number of thioether (sulfide) groups is 1. The second-order valence-corrected chi connectivity index (χ2v) is 8.22. The maximum atomic E-state index is 5.79. The van der Waals surface area contributed by atoms with Gasteiger partial charge in [-0.25, -0.2) is 4.98 Å². The minimum atomic E-state index is 0.548. The largest absolute Gasteiger partial charge is 0.496 e. The number of aromatic nitrogens is 3. The Labute approximate surface area is 178 Å². The van der Waals surface area contributed by atoms with Gasteiger partial charge in [-0.2, -0.15) is 0 Å². The molecule has 2 heterocycles. The monoisotopic (exact) mass is 423 g/mol. The summed E-state index contributed by atoms with van der Waals surface area (Å²) in [4.78, 5) is 4.74. The summed E-state index contributed by atoms with van der Waals surface area (Å²) in [5.74, 6) is 2.09. The number of thiazole rings is 1. The van der Waals surface area contributed by atoms with E-state index in [1.165, 1.54) is 17.3 Å². The molecule has 0 spiro atoms. The van der Waals surface area contributed by atoms with E-state index in [0.717, 1.165) is 34.0 Å². The molecule has 0 aliphatic rings. The van der Waals surface area contributed by atoms with E-state index in [-0.39, 0.29) is 0 Å². The van der Waals surface area contributed by atoms with Crippen LogP contribution in [0.15, 0.2) is 63.6 Å². The average molecular weight is 424 g/mol. The number of hydrogen-bond donors (Lipinski definition) is 0. The molecule has 0 aliphatic heterocycles. The van der Waals surface area contributed by atoms with E-state index in [1.807, 2.05) is 24.3 Å². The van der Waals surface area contributed by atoms with Crippen LogP contribution in [0, 0.1) is 0 Å². The molecule has 148 valence electrons. The van der Waals surface area contributed by atoms with E-state index in [0.29, 0.717) is 23.3 Å². The molecule has 29 heavy (non-hydrogen) atoms. The zero-order chi connectivity index (χ0) is 20.1. The SMILES string of the molecule is CCc1ccc(-c2nc(CSc3nnc(Cc4ccccc4OC)o3)cs2)cc1. The Morgan fingerprint density at radius 2 is 1.90 bits per heavy atom. The van der Waals surface area contributed by atoms with Gasteiger partial charge in [0.25, 0.3) is 5.22 Å². The quantitative estimate of drug-likeness (QED) is 0.341. The Morgan fingerprint density at radius 1 is 1.07 bits per heavy atom. The lowest BCUT2D eigenvalue weighted by Crippen LogP contribution is -1.93. The van der Waals surface area contributed by atoms with Crippen LogP contribution in [0.2, 0.25) is 0 Å². The lowest BCUT2D eigenvalue weighted by Gasteiger charge is -2.05. The van der Waals surface area contributed by atoms with Crippen molar-refractivity contribution in [2.75, 3.05) is 7.11 Å². The van der Waals surface area contributed by atoms with Gasteiger partial charge < -0.3 is 9.15 Å². The van der Waals surface area contributed by atoms with Crippen molar-refractivity contribution < 1.29 is 9.15 Å². The minimum Gasteiger partial charge on any atom is -0.496 e. The lowest BCUT2D eigenvalue weighted by molar-refractivity contribution is 0.400. The van der Waals surface area contributed by atoms with Crippen molar-refractivity contribution in [2.45, 2.75) is 30.7 Å². The van der Waals surface area contributed by atoms with Gasteiger partial charge in [0.1, 0.15) is 10.8 Å². The van der Waals surface area contributed by atoms with E-state index in [2.05, 4.69) is 46.8 Å². The van der Waals surface area contributed by atoms with Crippen LogP contribution in [0.25, 0.3) is 10.6 Å². The molecule has 0 N–H and O–H groups in total. The number of aryl methyl sites for hydroxylation is 1. The predicted molar refractivity (Wildman–Crippen MR) is 117 cm³/mol. The zero-order valence-electron chi connectivity index (χ0n) is 16.3. The van der Waals surface area contributed by atoms with Gasteiger partial charge in [0, 0.05) is 22.3 Å². The highest BCUT2D eigenvalue weighted by Crippen LogP contribution is 2.28. The van der Waals surface area contributed by atoms with Gasteiger partial charge in [0.05, 0.1) is 19.2 Å². The molecule has 4 aromatic rings. The Morgan fingerprint density at radius 3 is 2.69 bits per heavy atom. The van der Waals surface area contributed by atoms with Crippen molar-refractivity contribution >= 4 is 23.1 Å². The summed E-state index contributed by atoms with van der Waals surface area (Å²) in [5.41, 5.74) is 4.52. The topological polar surface area (TPSA) is 61.0 Å². The van der Waals surface area contributed by atoms with Crippen LogP contribution in [-0.4, -0.2) is 22.3 Å². The number of nitrogens with zero attached hydrogens (tertiary/aromatic N) is 3. The normalized spacial score (nSPS) is 11.0. The molecule has 0 aliphatic carbocycles. The molecular weight excluding hydrogens is 402 g/mol. The molecular formula is C22H21N3O2S2. The van der Waals surface area contributed by atoms with Crippen molar-refractivity contribution in [3.05, 3.63) is 76.6 Å². The van der Waals surface area contributed by atoms with Crippen molar-refractivity contribution in [3.8, 4) is 16.3 Å². The second-order valence-electron chi connectivity index (χ2n) is 6.43. The van der Waals surface area contributed by atoms with Gasteiger partial charge in [-0.05, 0) is 18.1 Å². The molecule has 0 bridgehead atoms. The fourth-order valence-electron chi connectivity index (χ4n) is 2.90. The third kappa shape index (κ3) is 4.86. The molecule has 2 aromatic carbocycles. The van der Waals surface area contributed by atoms with E-state index < -0.39 is 0 Å². The van der Waals surface area contributed by atoms with Crippen LogP contribution in [0.5, 0.6) is 5.75 Å². The highest BCUT2D eigenvalue weighted by Gasteiger charge is 2.12. The standard InChI is InChI=1S/C22H21N3O2S2/c1-3-15-8-10-16(11-9-15)21-23-18(13-28-21)14-29-22-25-24-20(27-22)12-17-6-4-5-7-19(17)26-2/h4-11,13H,3,12,14H2,1-2H3. The van der Waals surface area contributed by atoms with Gasteiger partial charge in [-0.1, -0.05) is 61.2 Å². The van der Waals surface area contributed by atoms with Crippen LogP contribution in [-0.2, 0) is 18.6 Å². The molecule has 4 rings (SSSR count). The third-order valence-corrected chi connectivity index (χ3v) is 6.28. The Kier molecular flexibility index (Phi) is 6.27. The first-order valence-electron chi connectivity index (χ1n) is 9.36. The summed E-state index contributed by atoms with van der Waals surface area (Å²) >= 11 is 3.16. The minimum absolute atomic E-state index is 0.548. The van der Waals surface area contributed by atoms with Gasteiger partial charge in [0.2, 0.25) is 5.89 Å². The van der Waals surface area contributed by atoms with Crippen LogP contribution >= 0.6 is 23.1 Å². The molecule has 0 amide bonds. The fourth-order valence-corrected chi connectivity index (χ4v) is 4.51. The molecule has 0 saturated heterocycles.